The maximum absolute atomic E-state index is 12.1. The van der Waals surface area contributed by atoms with Crippen LogP contribution in [0.3, 0.4) is 0 Å². The summed E-state index contributed by atoms with van der Waals surface area (Å²) >= 11 is 1.25. The lowest BCUT2D eigenvalue weighted by Gasteiger charge is -2.12. The van der Waals surface area contributed by atoms with E-state index in [-0.39, 0.29) is 28.8 Å². The van der Waals surface area contributed by atoms with Crippen LogP contribution < -0.4 is 14.9 Å². The van der Waals surface area contributed by atoms with Gasteiger partial charge in [-0.2, -0.15) is 5.10 Å². The minimum atomic E-state index is -0.534. The number of thioether (sulfide) groups is 1. The van der Waals surface area contributed by atoms with Gasteiger partial charge in [0.05, 0.1) is 41.1 Å². The number of aromatic amines is 1. The van der Waals surface area contributed by atoms with E-state index >= 15 is 0 Å². The van der Waals surface area contributed by atoms with Gasteiger partial charge in [-0.15, -0.1) is 0 Å². The standard InChI is InChI=1S/C21H23N5O5S/c1-3-9-31-20-17(26(28)29)10-14(11-18(20)30-4-2)12-22-25-19(27)13-32-21-23-15-7-5-6-8-16(15)24-21/h5-8,10-12H,3-4,9,13H2,1-2H3,(H,23,24)(H,25,27)/b22-12-. The van der Waals surface area contributed by atoms with Gasteiger partial charge in [-0.3, -0.25) is 14.9 Å². The molecule has 0 atom stereocenters. The number of carbonyl (C=O) groups excluding carboxylic acids is 1. The lowest BCUT2D eigenvalue weighted by Crippen LogP contribution is -2.19. The maximum Gasteiger partial charge on any atom is 0.315 e. The molecule has 168 valence electrons. The van der Waals surface area contributed by atoms with Crippen molar-refractivity contribution in [1.82, 2.24) is 15.4 Å². The highest BCUT2D eigenvalue weighted by Crippen LogP contribution is 2.38. The Morgan fingerprint density at radius 3 is 2.84 bits per heavy atom. The third-order valence-electron chi connectivity index (χ3n) is 4.12. The Morgan fingerprint density at radius 1 is 1.31 bits per heavy atom. The van der Waals surface area contributed by atoms with E-state index < -0.39 is 4.92 Å². The van der Waals surface area contributed by atoms with Crippen LogP contribution in [0, 0.1) is 10.1 Å². The van der Waals surface area contributed by atoms with Gasteiger partial charge in [-0.25, -0.2) is 10.4 Å². The number of fused-ring (bicyclic) bond motifs is 1. The van der Waals surface area contributed by atoms with Gasteiger partial charge in [0.1, 0.15) is 0 Å². The predicted octanol–water partition coefficient (Wildman–Crippen LogP) is 3.90. The van der Waals surface area contributed by atoms with E-state index in [0.717, 1.165) is 11.0 Å². The van der Waals surface area contributed by atoms with Gasteiger partial charge < -0.3 is 14.5 Å². The monoisotopic (exact) mass is 457 g/mol. The zero-order chi connectivity index (χ0) is 22.9. The number of nitro benzene ring substituents is 1. The van der Waals surface area contributed by atoms with E-state index in [9.17, 15) is 14.9 Å². The molecule has 11 heteroatoms. The topological polar surface area (TPSA) is 132 Å². The van der Waals surface area contributed by atoms with Crippen LogP contribution in [0.25, 0.3) is 11.0 Å². The number of nitrogens with zero attached hydrogens (tertiary/aromatic N) is 3. The molecule has 0 unspecified atom stereocenters. The zero-order valence-electron chi connectivity index (χ0n) is 17.7. The number of nitrogens with one attached hydrogen (secondary N) is 2. The number of carbonyl (C=O) groups is 1. The van der Waals surface area contributed by atoms with E-state index in [0.29, 0.717) is 30.4 Å². The van der Waals surface area contributed by atoms with Crippen LogP contribution in [0.2, 0.25) is 0 Å². The average Bonchev–Trinajstić information content (AvgIpc) is 3.20. The number of H-pyrrole nitrogens is 1. The first-order chi connectivity index (χ1) is 15.5. The van der Waals surface area contributed by atoms with Crippen molar-refractivity contribution in [2.24, 2.45) is 5.10 Å². The molecule has 1 amide bonds. The number of hydrogen-bond donors (Lipinski definition) is 2. The highest BCUT2D eigenvalue weighted by Gasteiger charge is 2.22. The molecule has 2 aromatic carbocycles. The van der Waals surface area contributed by atoms with Crippen molar-refractivity contribution in [2.75, 3.05) is 19.0 Å². The Bertz CT molecular complexity index is 1100. The van der Waals surface area contributed by atoms with Crippen LogP contribution >= 0.6 is 11.8 Å². The molecule has 0 aliphatic rings. The summed E-state index contributed by atoms with van der Waals surface area (Å²) in [6.45, 7) is 4.32. The van der Waals surface area contributed by atoms with Crippen molar-refractivity contribution in [1.29, 1.82) is 0 Å². The van der Waals surface area contributed by atoms with E-state index in [4.69, 9.17) is 9.47 Å². The molecule has 0 saturated carbocycles. The zero-order valence-corrected chi connectivity index (χ0v) is 18.5. The molecule has 1 heterocycles. The van der Waals surface area contributed by atoms with Crippen LogP contribution in [0.1, 0.15) is 25.8 Å². The summed E-state index contributed by atoms with van der Waals surface area (Å²) in [5.41, 5.74) is 4.30. The SMILES string of the molecule is CCCOc1c(OCC)cc(/C=N\NC(=O)CSc2nc3ccccc3[nH]2)cc1[N+](=O)[O-]. The van der Waals surface area contributed by atoms with Gasteiger partial charge >= 0.3 is 5.69 Å². The lowest BCUT2D eigenvalue weighted by atomic mass is 10.2. The summed E-state index contributed by atoms with van der Waals surface area (Å²) in [6.07, 6.45) is 2.02. The summed E-state index contributed by atoms with van der Waals surface area (Å²) in [7, 11) is 0. The molecule has 0 bridgehead atoms. The minimum Gasteiger partial charge on any atom is -0.490 e. The van der Waals surface area contributed by atoms with Crippen molar-refractivity contribution in [3.05, 3.63) is 52.1 Å². The summed E-state index contributed by atoms with van der Waals surface area (Å²) in [5, 5.41) is 16.0. The number of nitro groups is 1. The fraction of sp³-hybridized carbons (Fsp3) is 0.286. The summed E-state index contributed by atoms with van der Waals surface area (Å²) in [6, 6.07) is 10.5. The minimum absolute atomic E-state index is 0.0853. The predicted molar refractivity (Wildman–Crippen MR) is 123 cm³/mol. The molecule has 10 nitrogen and oxygen atoms in total. The van der Waals surface area contributed by atoms with Gasteiger partial charge in [0.2, 0.25) is 5.75 Å². The second kappa shape index (κ2) is 11.1. The molecule has 0 radical (unpaired) electrons. The maximum atomic E-state index is 12.1. The van der Waals surface area contributed by atoms with Crippen LogP contribution in [0.4, 0.5) is 5.69 Å². The Labute approximate surface area is 188 Å². The molecule has 0 spiro atoms. The summed E-state index contributed by atoms with van der Waals surface area (Å²) < 4.78 is 11.0. The second-order valence-corrected chi connectivity index (χ2v) is 7.51. The van der Waals surface area contributed by atoms with Crippen LogP contribution in [-0.2, 0) is 4.79 Å². The van der Waals surface area contributed by atoms with Gasteiger partial charge in [0.25, 0.3) is 5.91 Å². The Morgan fingerprint density at radius 2 is 2.12 bits per heavy atom. The first-order valence-electron chi connectivity index (χ1n) is 9.99. The molecule has 0 aliphatic heterocycles. The Balaban J connectivity index is 1.65. The van der Waals surface area contributed by atoms with Gasteiger partial charge in [0, 0.05) is 11.6 Å². The first-order valence-corrected chi connectivity index (χ1v) is 11.0. The van der Waals surface area contributed by atoms with Crippen molar-refractivity contribution >= 4 is 40.6 Å². The number of rotatable bonds is 11. The molecule has 3 aromatic rings. The van der Waals surface area contributed by atoms with Crippen molar-refractivity contribution in [3.63, 3.8) is 0 Å². The number of amides is 1. The van der Waals surface area contributed by atoms with E-state index in [1.165, 1.54) is 24.0 Å². The fourth-order valence-corrected chi connectivity index (χ4v) is 3.45. The molecule has 0 saturated heterocycles. The lowest BCUT2D eigenvalue weighted by molar-refractivity contribution is -0.386. The fourth-order valence-electron chi connectivity index (χ4n) is 2.77. The van der Waals surface area contributed by atoms with E-state index in [2.05, 4.69) is 20.5 Å². The highest BCUT2D eigenvalue weighted by atomic mass is 32.2. The second-order valence-electron chi connectivity index (χ2n) is 6.55. The van der Waals surface area contributed by atoms with E-state index in [1.54, 1.807) is 13.0 Å². The van der Waals surface area contributed by atoms with Gasteiger partial charge in [0.15, 0.2) is 10.9 Å². The first kappa shape index (κ1) is 23.1. The van der Waals surface area contributed by atoms with Crippen LogP contribution in [-0.4, -0.2) is 46.0 Å². The molecule has 2 N–H and O–H groups in total. The quantitative estimate of drug-likeness (QED) is 0.193. The molecular formula is C21H23N5O5S. The summed E-state index contributed by atoms with van der Waals surface area (Å²) in [4.78, 5) is 30.6. The molecule has 0 aliphatic carbocycles. The van der Waals surface area contributed by atoms with Crippen molar-refractivity contribution < 1.29 is 19.2 Å². The Kier molecular flexibility index (Phi) is 8.03. The smallest absolute Gasteiger partial charge is 0.315 e. The average molecular weight is 458 g/mol. The third-order valence-corrected chi connectivity index (χ3v) is 4.99. The molecule has 32 heavy (non-hydrogen) atoms. The number of para-hydroxylation sites is 2. The third kappa shape index (κ3) is 5.97. The number of benzene rings is 2. The Hall–Kier alpha value is -3.60. The number of hydrogen-bond acceptors (Lipinski definition) is 8. The molecule has 1 aromatic heterocycles. The van der Waals surface area contributed by atoms with Gasteiger partial charge in [-0.05, 0) is 31.5 Å². The molecular weight excluding hydrogens is 434 g/mol. The largest absolute Gasteiger partial charge is 0.490 e. The number of ether oxygens (including phenoxy) is 2. The molecule has 3 rings (SSSR count). The number of aromatic nitrogens is 2. The van der Waals surface area contributed by atoms with E-state index in [1.807, 2.05) is 31.2 Å². The highest BCUT2D eigenvalue weighted by molar-refractivity contribution is 7.99. The van der Waals surface area contributed by atoms with Crippen LogP contribution in [0.15, 0.2) is 46.7 Å². The normalized spacial score (nSPS) is 11.1. The van der Waals surface area contributed by atoms with Gasteiger partial charge in [-0.1, -0.05) is 30.8 Å². The number of hydrazone groups is 1. The van der Waals surface area contributed by atoms with Crippen molar-refractivity contribution in [3.8, 4) is 11.5 Å². The number of imidazole rings is 1. The van der Waals surface area contributed by atoms with Crippen LogP contribution in [0.5, 0.6) is 11.5 Å². The summed E-state index contributed by atoms with van der Waals surface area (Å²) in [5.74, 6) is 0.102. The molecule has 0 fully saturated rings. The van der Waals surface area contributed by atoms with Crippen molar-refractivity contribution in [2.45, 2.75) is 25.4 Å².